The van der Waals surface area contributed by atoms with Gasteiger partial charge < -0.3 is 9.57 Å². The molecule has 0 N–H and O–H groups in total. The van der Waals surface area contributed by atoms with Crippen LogP contribution in [0.5, 0.6) is 0 Å². The first-order valence-electron chi connectivity index (χ1n) is 6.19. The molecule has 1 heterocycles. The molecule has 2 rings (SSSR count). The van der Waals surface area contributed by atoms with E-state index in [9.17, 15) is 4.79 Å². The zero-order valence-corrected chi connectivity index (χ0v) is 10.2. The lowest BCUT2D eigenvalue weighted by Gasteiger charge is -2.07. The average Bonchev–Trinajstić information content (AvgIpc) is 2.86. The molecule has 1 unspecified atom stereocenters. The summed E-state index contributed by atoms with van der Waals surface area (Å²) in [6.07, 6.45) is 3.64. The Kier molecular flexibility index (Phi) is 4.76. The Morgan fingerprint density at radius 1 is 1.33 bits per heavy atom. The summed E-state index contributed by atoms with van der Waals surface area (Å²) < 4.78 is 4.64. The molecule has 1 aromatic carbocycles. The summed E-state index contributed by atoms with van der Waals surface area (Å²) in [6.45, 7) is 0.848. The van der Waals surface area contributed by atoms with Gasteiger partial charge in [0.1, 0.15) is 6.10 Å². The topological polar surface area (TPSA) is 47.9 Å². The van der Waals surface area contributed by atoms with E-state index in [4.69, 9.17) is 4.84 Å². The van der Waals surface area contributed by atoms with Crippen LogP contribution in [0.15, 0.2) is 35.5 Å². The van der Waals surface area contributed by atoms with E-state index in [1.54, 1.807) is 0 Å². The minimum absolute atomic E-state index is 0.163. The van der Waals surface area contributed by atoms with E-state index < -0.39 is 0 Å². The van der Waals surface area contributed by atoms with Gasteiger partial charge in [0.15, 0.2) is 0 Å². The molecule has 0 amide bonds. The molecule has 0 aliphatic carbocycles. The highest BCUT2D eigenvalue weighted by Crippen LogP contribution is 2.18. The molecule has 96 valence electrons. The number of aryl methyl sites for hydroxylation is 1. The first-order valence-corrected chi connectivity index (χ1v) is 6.19. The van der Waals surface area contributed by atoms with E-state index in [2.05, 4.69) is 22.0 Å². The Balaban J connectivity index is 1.67. The van der Waals surface area contributed by atoms with Crippen molar-refractivity contribution in [3.05, 3.63) is 35.9 Å². The fourth-order valence-corrected chi connectivity index (χ4v) is 1.99. The minimum Gasteiger partial charge on any atom is -0.467 e. The van der Waals surface area contributed by atoms with Gasteiger partial charge in [0, 0.05) is 12.8 Å². The number of carbonyl (C=O) groups excluding carboxylic acids is 1. The summed E-state index contributed by atoms with van der Waals surface area (Å²) in [4.78, 5) is 15.4. The van der Waals surface area contributed by atoms with Gasteiger partial charge in [-0.1, -0.05) is 35.5 Å². The third kappa shape index (κ3) is 3.87. The van der Waals surface area contributed by atoms with Crippen molar-refractivity contribution in [2.75, 3.05) is 6.61 Å². The molecule has 1 aromatic rings. The van der Waals surface area contributed by atoms with Crippen molar-refractivity contribution < 1.29 is 14.4 Å². The van der Waals surface area contributed by atoms with Gasteiger partial charge >= 0.3 is 0 Å². The van der Waals surface area contributed by atoms with E-state index >= 15 is 0 Å². The lowest BCUT2D eigenvalue weighted by atomic mass is 10.0. The molecule has 0 spiro atoms. The second-order valence-corrected chi connectivity index (χ2v) is 4.33. The maximum atomic E-state index is 10.0. The third-order valence-corrected chi connectivity index (χ3v) is 2.97. The van der Waals surface area contributed by atoms with Crippen molar-refractivity contribution in [2.45, 2.75) is 31.8 Å². The monoisotopic (exact) mass is 247 g/mol. The van der Waals surface area contributed by atoms with Crippen molar-refractivity contribution in [1.29, 1.82) is 0 Å². The number of benzene rings is 1. The fourth-order valence-electron chi connectivity index (χ4n) is 1.99. The first-order chi connectivity index (χ1) is 8.88. The normalized spacial score (nSPS) is 18.0. The van der Waals surface area contributed by atoms with E-state index in [1.165, 1.54) is 5.56 Å². The molecule has 1 aliphatic rings. The van der Waals surface area contributed by atoms with Crippen molar-refractivity contribution in [2.24, 2.45) is 5.16 Å². The SMILES string of the molecule is O=COCCC1=NOC(CCc2ccccc2)C1. The van der Waals surface area contributed by atoms with Crippen LogP contribution < -0.4 is 0 Å². The van der Waals surface area contributed by atoms with Crippen molar-refractivity contribution in [3.8, 4) is 0 Å². The van der Waals surface area contributed by atoms with Gasteiger partial charge in [0.05, 0.1) is 12.3 Å². The molecule has 0 aromatic heterocycles. The Morgan fingerprint density at radius 2 is 2.17 bits per heavy atom. The molecule has 18 heavy (non-hydrogen) atoms. The van der Waals surface area contributed by atoms with Crippen LogP contribution in [0.3, 0.4) is 0 Å². The highest BCUT2D eigenvalue weighted by molar-refractivity contribution is 5.85. The van der Waals surface area contributed by atoms with Crippen LogP contribution in [-0.4, -0.2) is 24.9 Å². The molecule has 0 saturated heterocycles. The van der Waals surface area contributed by atoms with Gasteiger partial charge in [-0.05, 0) is 18.4 Å². The van der Waals surface area contributed by atoms with E-state index in [0.717, 1.165) is 25.0 Å². The summed E-state index contributed by atoms with van der Waals surface area (Å²) in [5, 5.41) is 4.02. The van der Waals surface area contributed by atoms with Gasteiger partial charge in [-0.25, -0.2) is 0 Å². The molecule has 1 atom stereocenters. The Labute approximate surface area is 107 Å². The molecule has 0 radical (unpaired) electrons. The minimum atomic E-state index is 0.163. The highest BCUT2D eigenvalue weighted by Gasteiger charge is 2.20. The van der Waals surface area contributed by atoms with Crippen LogP contribution in [0.25, 0.3) is 0 Å². The van der Waals surface area contributed by atoms with Crippen molar-refractivity contribution in [1.82, 2.24) is 0 Å². The van der Waals surface area contributed by atoms with Gasteiger partial charge in [-0.15, -0.1) is 0 Å². The molecular formula is C14H17NO3. The highest BCUT2D eigenvalue weighted by atomic mass is 16.6. The van der Waals surface area contributed by atoms with Crippen LogP contribution >= 0.6 is 0 Å². The van der Waals surface area contributed by atoms with E-state index in [0.29, 0.717) is 19.5 Å². The van der Waals surface area contributed by atoms with E-state index in [-0.39, 0.29) is 6.10 Å². The summed E-state index contributed by atoms with van der Waals surface area (Å²) in [7, 11) is 0. The second kappa shape index (κ2) is 6.79. The lowest BCUT2D eigenvalue weighted by Crippen LogP contribution is -2.10. The smallest absolute Gasteiger partial charge is 0.293 e. The van der Waals surface area contributed by atoms with Gasteiger partial charge in [-0.3, -0.25) is 4.79 Å². The number of rotatable bonds is 7. The van der Waals surface area contributed by atoms with Gasteiger partial charge in [0.2, 0.25) is 0 Å². The van der Waals surface area contributed by atoms with Crippen LogP contribution in [0, 0.1) is 0 Å². The van der Waals surface area contributed by atoms with Crippen molar-refractivity contribution >= 4 is 12.2 Å². The quantitative estimate of drug-likeness (QED) is 0.549. The molecule has 0 saturated carbocycles. The average molecular weight is 247 g/mol. The van der Waals surface area contributed by atoms with Crippen molar-refractivity contribution in [3.63, 3.8) is 0 Å². The fraction of sp³-hybridized carbons (Fsp3) is 0.429. The molecule has 4 nitrogen and oxygen atoms in total. The summed E-state index contributed by atoms with van der Waals surface area (Å²) in [6, 6.07) is 10.3. The zero-order valence-electron chi connectivity index (χ0n) is 10.2. The number of hydrogen-bond acceptors (Lipinski definition) is 4. The predicted molar refractivity (Wildman–Crippen MR) is 68.3 cm³/mol. The van der Waals surface area contributed by atoms with Gasteiger partial charge in [-0.2, -0.15) is 0 Å². The molecule has 1 aliphatic heterocycles. The summed E-state index contributed by atoms with van der Waals surface area (Å²) >= 11 is 0. The largest absolute Gasteiger partial charge is 0.467 e. The number of oxime groups is 1. The van der Waals surface area contributed by atoms with Crippen LogP contribution in [0.2, 0.25) is 0 Å². The third-order valence-electron chi connectivity index (χ3n) is 2.97. The van der Waals surface area contributed by atoms with Crippen LogP contribution in [0.4, 0.5) is 0 Å². The number of ether oxygens (including phenoxy) is 1. The first kappa shape index (κ1) is 12.6. The Morgan fingerprint density at radius 3 is 2.94 bits per heavy atom. The number of carbonyl (C=O) groups is 1. The molecule has 0 bridgehead atoms. The number of hydrogen-bond donors (Lipinski definition) is 0. The number of nitrogens with zero attached hydrogens (tertiary/aromatic N) is 1. The van der Waals surface area contributed by atoms with E-state index in [1.807, 2.05) is 18.2 Å². The maximum absolute atomic E-state index is 10.0. The zero-order chi connectivity index (χ0) is 12.6. The Bertz CT molecular complexity index is 403. The van der Waals surface area contributed by atoms with Crippen LogP contribution in [0.1, 0.15) is 24.8 Å². The Hall–Kier alpha value is -1.84. The lowest BCUT2D eigenvalue weighted by molar-refractivity contribution is -0.128. The molecule has 4 heteroatoms. The summed E-state index contributed by atoms with van der Waals surface area (Å²) in [5.41, 5.74) is 2.30. The molecule has 0 fully saturated rings. The molecular weight excluding hydrogens is 230 g/mol. The second-order valence-electron chi connectivity index (χ2n) is 4.33. The standard InChI is InChI=1S/C14H17NO3/c16-11-17-9-8-13-10-14(18-15-13)7-6-12-4-2-1-3-5-12/h1-5,11,14H,6-10H2. The maximum Gasteiger partial charge on any atom is 0.293 e. The summed E-state index contributed by atoms with van der Waals surface area (Å²) in [5.74, 6) is 0. The van der Waals surface area contributed by atoms with Gasteiger partial charge in [0.25, 0.3) is 6.47 Å². The van der Waals surface area contributed by atoms with Crippen LogP contribution in [-0.2, 0) is 20.8 Å². The predicted octanol–water partition coefficient (Wildman–Crippen LogP) is 2.33.